The lowest BCUT2D eigenvalue weighted by Gasteiger charge is -2.06. The van der Waals surface area contributed by atoms with Crippen LogP contribution in [0.25, 0.3) is 0 Å². The predicted octanol–water partition coefficient (Wildman–Crippen LogP) is 5.56. The van der Waals surface area contributed by atoms with Crippen LogP contribution in [0.2, 0.25) is 5.02 Å². The average Bonchev–Trinajstić information content (AvgIpc) is 2.68. The molecule has 142 valence electrons. The van der Waals surface area contributed by atoms with Crippen LogP contribution in [-0.2, 0) is 9.53 Å². The van der Waals surface area contributed by atoms with Crippen molar-refractivity contribution in [3.05, 3.63) is 65.0 Å². The number of hydrogen-bond donors (Lipinski definition) is 1. The number of benzene rings is 2. The molecule has 0 aliphatic heterocycles. The summed E-state index contributed by atoms with van der Waals surface area (Å²) in [7, 11) is 1.56. The standard InChI is InChI=1S/C19H19ClN2O4S/c1-3-26-19(24)18(22-21-14-6-8-15(25-2)9-7-14)17(23)12-27-16-10-4-13(20)5-11-16/h4-11,23H,3,12H2,1-2H3/b18-17-,22-21?. The molecule has 0 heterocycles. The summed E-state index contributed by atoms with van der Waals surface area (Å²) in [6.45, 7) is 1.84. The van der Waals surface area contributed by atoms with Gasteiger partial charge >= 0.3 is 5.97 Å². The Morgan fingerprint density at radius 1 is 1.15 bits per heavy atom. The van der Waals surface area contributed by atoms with Gasteiger partial charge < -0.3 is 14.6 Å². The molecule has 0 unspecified atom stereocenters. The van der Waals surface area contributed by atoms with Crippen LogP contribution in [-0.4, -0.2) is 30.5 Å². The van der Waals surface area contributed by atoms with Gasteiger partial charge in [-0.2, -0.15) is 5.11 Å². The molecule has 1 N–H and O–H groups in total. The van der Waals surface area contributed by atoms with Crippen molar-refractivity contribution in [3.8, 4) is 5.75 Å². The lowest BCUT2D eigenvalue weighted by atomic mass is 10.3. The summed E-state index contributed by atoms with van der Waals surface area (Å²) in [4.78, 5) is 13.0. The molecule has 0 spiro atoms. The maximum Gasteiger partial charge on any atom is 0.362 e. The summed E-state index contributed by atoms with van der Waals surface area (Å²) in [6.07, 6.45) is 0. The van der Waals surface area contributed by atoms with Crippen LogP contribution in [0, 0.1) is 0 Å². The Kier molecular flexibility index (Phi) is 8.16. The van der Waals surface area contributed by atoms with Crippen LogP contribution in [0.3, 0.4) is 0 Å². The SMILES string of the molecule is CCOC(=O)/C(N=Nc1ccc(OC)cc1)=C(/O)CSc1ccc(Cl)cc1. The van der Waals surface area contributed by atoms with Gasteiger partial charge in [-0.1, -0.05) is 11.6 Å². The number of hydrogen-bond acceptors (Lipinski definition) is 7. The number of carbonyl (C=O) groups is 1. The number of nitrogens with zero attached hydrogens (tertiary/aromatic N) is 2. The van der Waals surface area contributed by atoms with Gasteiger partial charge in [0.25, 0.3) is 0 Å². The molecule has 0 amide bonds. The molecule has 0 atom stereocenters. The van der Waals surface area contributed by atoms with E-state index in [2.05, 4.69) is 10.2 Å². The van der Waals surface area contributed by atoms with E-state index in [-0.39, 0.29) is 23.8 Å². The highest BCUT2D eigenvalue weighted by Crippen LogP contribution is 2.24. The Bertz CT molecular complexity index is 821. The molecule has 0 aliphatic carbocycles. The molecule has 0 aromatic heterocycles. The minimum atomic E-state index is -0.732. The minimum Gasteiger partial charge on any atom is -0.509 e. The normalized spacial score (nSPS) is 12.0. The quantitative estimate of drug-likeness (QED) is 0.204. The fourth-order valence-corrected chi connectivity index (χ4v) is 2.82. The molecule has 2 aromatic carbocycles. The lowest BCUT2D eigenvalue weighted by molar-refractivity contribution is -0.138. The number of aliphatic hydroxyl groups is 1. The van der Waals surface area contributed by atoms with E-state index in [4.69, 9.17) is 21.1 Å². The van der Waals surface area contributed by atoms with Crippen molar-refractivity contribution in [2.24, 2.45) is 10.2 Å². The van der Waals surface area contributed by atoms with Crippen molar-refractivity contribution >= 4 is 35.0 Å². The van der Waals surface area contributed by atoms with E-state index in [1.54, 1.807) is 50.4 Å². The van der Waals surface area contributed by atoms with Gasteiger partial charge in [-0.3, -0.25) is 0 Å². The number of thioether (sulfide) groups is 1. The zero-order valence-corrected chi connectivity index (χ0v) is 16.5. The zero-order valence-electron chi connectivity index (χ0n) is 14.9. The Morgan fingerprint density at radius 2 is 1.81 bits per heavy atom. The molecule has 2 rings (SSSR count). The second-order valence-electron chi connectivity index (χ2n) is 5.16. The van der Waals surface area contributed by atoms with Crippen molar-refractivity contribution in [2.45, 2.75) is 11.8 Å². The summed E-state index contributed by atoms with van der Waals surface area (Å²) in [5.41, 5.74) is 0.282. The molecule has 8 heteroatoms. The fourth-order valence-electron chi connectivity index (χ4n) is 1.92. The van der Waals surface area contributed by atoms with Gasteiger partial charge in [0, 0.05) is 9.92 Å². The highest BCUT2D eigenvalue weighted by molar-refractivity contribution is 7.99. The summed E-state index contributed by atoms with van der Waals surface area (Å²) in [5.74, 6) is -0.135. The van der Waals surface area contributed by atoms with Gasteiger partial charge in [0.15, 0.2) is 0 Å². The Balaban J connectivity index is 2.17. The molecular weight excluding hydrogens is 388 g/mol. The molecule has 0 aliphatic rings. The monoisotopic (exact) mass is 406 g/mol. The van der Waals surface area contributed by atoms with Crippen LogP contribution in [0.4, 0.5) is 5.69 Å². The van der Waals surface area contributed by atoms with Gasteiger partial charge in [0.2, 0.25) is 5.70 Å². The number of ether oxygens (including phenoxy) is 2. The summed E-state index contributed by atoms with van der Waals surface area (Å²) in [6, 6.07) is 14.0. The predicted molar refractivity (Wildman–Crippen MR) is 106 cm³/mol. The highest BCUT2D eigenvalue weighted by atomic mass is 35.5. The van der Waals surface area contributed by atoms with Crippen molar-refractivity contribution in [3.63, 3.8) is 0 Å². The third-order valence-electron chi connectivity index (χ3n) is 3.27. The molecule has 27 heavy (non-hydrogen) atoms. The maximum absolute atomic E-state index is 12.1. The van der Waals surface area contributed by atoms with Crippen molar-refractivity contribution < 1.29 is 19.4 Å². The van der Waals surface area contributed by atoms with Crippen LogP contribution in [0.5, 0.6) is 5.75 Å². The van der Waals surface area contributed by atoms with Crippen molar-refractivity contribution in [1.29, 1.82) is 0 Å². The first-order chi connectivity index (χ1) is 13.0. The van der Waals surface area contributed by atoms with E-state index in [0.717, 1.165) is 4.90 Å². The summed E-state index contributed by atoms with van der Waals surface area (Å²) in [5, 5.41) is 18.9. The van der Waals surface area contributed by atoms with Gasteiger partial charge in [-0.25, -0.2) is 4.79 Å². The molecule has 0 radical (unpaired) electrons. The van der Waals surface area contributed by atoms with Crippen LogP contribution in [0.1, 0.15) is 6.92 Å². The number of azo groups is 1. The van der Waals surface area contributed by atoms with Crippen molar-refractivity contribution in [2.75, 3.05) is 19.5 Å². The first-order valence-corrected chi connectivity index (χ1v) is 9.43. The second-order valence-corrected chi connectivity index (χ2v) is 6.64. The van der Waals surface area contributed by atoms with Crippen LogP contribution in [0.15, 0.2) is 75.1 Å². The Morgan fingerprint density at radius 3 is 2.41 bits per heavy atom. The average molecular weight is 407 g/mol. The smallest absolute Gasteiger partial charge is 0.362 e. The van der Waals surface area contributed by atoms with E-state index >= 15 is 0 Å². The number of esters is 1. The van der Waals surface area contributed by atoms with Gasteiger partial charge in [0.05, 0.1) is 25.2 Å². The maximum atomic E-state index is 12.1. The van der Waals surface area contributed by atoms with Gasteiger partial charge in [0.1, 0.15) is 11.5 Å². The number of halogens is 1. The molecule has 0 saturated heterocycles. The Hall–Kier alpha value is -2.51. The van der Waals surface area contributed by atoms with E-state index in [9.17, 15) is 9.90 Å². The molecule has 0 saturated carbocycles. The molecule has 0 bridgehead atoms. The number of carbonyl (C=O) groups excluding carboxylic acids is 1. The Labute approximate surface area is 166 Å². The third-order valence-corrected chi connectivity index (χ3v) is 4.54. The largest absolute Gasteiger partial charge is 0.509 e. The number of methoxy groups -OCH3 is 1. The first kappa shape index (κ1) is 20.8. The third kappa shape index (κ3) is 6.62. The number of rotatable bonds is 8. The van der Waals surface area contributed by atoms with Crippen LogP contribution < -0.4 is 4.74 Å². The first-order valence-electron chi connectivity index (χ1n) is 8.07. The highest BCUT2D eigenvalue weighted by Gasteiger charge is 2.17. The zero-order chi connectivity index (χ0) is 19.6. The van der Waals surface area contributed by atoms with E-state index in [0.29, 0.717) is 16.5 Å². The number of aliphatic hydroxyl groups excluding tert-OH is 1. The minimum absolute atomic E-state index is 0.136. The molecule has 2 aromatic rings. The lowest BCUT2D eigenvalue weighted by Crippen LogP contribution is -2.09. The van der Waals surface area contributed by atoms with E-state index in [1.807, 2.05) is 12.1 Å². The van der Waals surface area contributed by atoms with Gasteiger partial charge in [-0.05, 0) is 55.5 Å². The van der Waals surface area contributed by atoms with Crippen LogP contribution >= 0.6 is 23.4 Å². The molecular formula is C19H19ClN2O4S. The molecule has 6 nitrogen and oxygen atoms in total. The van der Waals surface area contributed by atoms with E-state index in [1.165, 1.54) is 11.8 Å². The van der Waals surface area contributed by atoms with Gasteiger partial charge in [-0.15, -0.1) is 16.9 Å². The summed E-state index contributed by atoms with van der Waals surface area (Å²) < 4.78 is 10.0. The van der Waals surface area contributed by atoms with E-state index < -0.39 is 5.97 Å². The summed E-state index contributed by atoms with van der Waals surface area (Å²) >= 11 is 7.19. The molecule has 0 fully saturated rings. The topological polar surface area (TPSA) is 80.5 Å². The fraction of sp³-hybridized carbons (Fsp3) is 0.211. The second kappa shape index (κ2) is 10.6. The van der Waals surface area contributed by atoms with Crippen molar-refractivity contribution in [1.82, 2.24) is 0 Å².